The van der Waals surface area contributed by atoms with Crippen LogP contribution in [0.5, 0.6) is 5.75 Å². The zero-order chi connectivity index (χ0) is 12.8. The van der Waals surface area contributed by atoms with Gasteiger partial charge in [-0.15, -0.1) is 0 Å². The second-order valence-electron chi connectivity index (χ2n) is 4.58. The lowest BCUT2D eigenvalue weighted by atomic mass is 10.2. The van der Waals surface area contributed by atoms with Gasteiger partial charge in [0.05, 0.1) is 35.4 Å². The number of hydrogen-bond acceptors (Lipinski definition) is 2. The standard InChI is InChI=1S/C16H12N2O/c1-19-13-6-7-15-11(9-13)8-12-10-17-14-4-2-3-5-16(14)18(12)15/h2-10H,1H3. The van der Waals surface area contributed by atoms with Gasteiger partial charge in [-0.1, -0.05) is 12.1 Å². The number of para-hydroxylation sites is 2. The molecule has 0 radical (unpaired) electrons. The Bertz CT molecular complexity index is 908. The molecule has 19 heavy (non-hydrogen) atoms. The summed E-state index contributed by atoms with van der Waals surface area (Å²) < 4.78 is 7.51. The molecule has 0 bridgehead atoms. The summed E-state index contributed by atoms with van der Waals surface area (Å²) >= 11 is 0. The third-order valence-electron chi connectivity index (χ3n) is 3.50. The van der Waals surface area contributed by atoms with E-state index in [1.165, 1.54) is 5.52 Å². The van der Waals surface area contributed by atoms with Gasteiger partial charge in [0.25, 0.3) is 0 Å². The molecule has 0 unspecified atom stereocenters. The van der Waals surface area contributed by atoms with Crippen molar-refractivity contribution in [3.63, 3.8) is 0 Å². The van der Waals surface area contributed by atoms with E-state index in [9.17, 15) is 0 Å². The molecule has 0 saturated heterocycles. The Hall–Kier alpha value is -2.55. The summed E-state index contributed by atoms with van der Waals surface area (Å²) in [4.78, 5) is 4.50. The van der Waals surface area contributed by atoms with Crippen molar-refractivity contribution in [2.24, 2.45) is 0 Å². The molecule has 2 aromatic carbocycles. The zero-order valence-electron chi connectivity index (χ0n) is 10.5. The fraction of sp³-hybridized carbons (Fsp3) is 0.0625. The van der Waals surface area contributed by atoms with Gasteiger partial charge in [-0.05, 0) is 36.4 Å². The fourth-order valence-electron chi connectivity index (χ4n) is 2.60. The van der Waals surface area contributed by atoms with Crippen molar-refractivity contribution in [1.82, 2.24) is 9.38 Å². The summed E-state index contributed by atoms with van der Waals surface area (Å²) in [6.07, 6.45) is 1.91. The fourth-order valence-corrected chi connectivity index (χ4v) is 2.60. The van der Waals surface area contributed by atoms with Crippen molar-refractivity contribution >= 4 is 27.5 Å². The van der Waals surface area contributed by atoms with Crippen LogP contribution in [0, 0.1) is 0 Å². The number of hydrogen-bond donors (Lipinski definition) is 0. The van der Waals surface area contributed by atoms with E-state index in [4.69, 9.17) is 4.74 Å². The van der Waals surface area contributed by atoms with Gasteiger partial charge in [0, 0.05) is 5.39 Å². The smallest absolute Gasteiger partial charge is 0.119 e. The minimum Gasteiger partial charge on any atom is -0.497 e. The highest BCUT2D eigenvalue weighted by Crippen LogP contribution is 2.27. The van der Waals surface area contributed by atoms with E-state index >= 15 is 0 Å². The van der Waals surface area contributed by atoms with Gasteiger partial charge in [0.2, 0.25) is 0 Å². The maximum absolute atomic E-state index is 5.28. The lowest BCUT2D eigenvalue weighted by molar-refractivity contribution is 0.415. The number of nitrogens with zero attached hydrogens (tertiary/aromatic N) is 2. The van der Waals surface area contributed by atoms with Gasteiger partial charge in [-0.2, -0.15) is 0 Å². The molecule has 4 rings (SSSR count). The molecular formula is C16H12N2O. The predicted octanol–water partition coefficient (Wildman–Crippen LogP) is 3.65. The average Bonchev–Trinajstić information content (AvgIpc) is 2.84. The van der Waals surface area contributed by atoms with Gasteiger partial charge in [-0.3, -0.25) is 4.98 Å². The van der Waals surface area contributed by atoms with E-state index in [1.807, 2.05) is 30.5 Å². The lowest BCUT2D eigenvalue weighted by Gasteiger charge is -2.04. The minimum absolute atomic E-state index is 0.876. The number of fused-ring (bicyclic) bond motifs is 5. The van der Waals surface area contributed by atoms with Crippen LogP contribution in [0.15, 0.2) is 54.7 Å². The topological polar surface area (TPSA) is 26.5 Å². The van der Waals surface area contributed by atoms with Crippen molar-refractivity contribution < 1.29 is 4.74 Å². The second kappa shape index (κ2) is 3.72. The van der Waals surface area contributed by atoms with Gasteiger partial charge in [-0.25, -0.2) is 0 Å². The summed E-state index contributed by atoms with van der Waals surface area (Å²) in [5, 5.41) is 1.16. The molecule has 2 aromatic heterocycles. The predicted molar refractivity (Wildman–Crippen MR) is 76.8 cm³/mol. The Morgan fingerprint density at radius 3 is 2.79 bits per heavy atom. The molecule has 0 saturated carbocycles. The van der Waals surface area contributed by atoms with Gasteiger partial charge in [0.1, 0.15) is 5.75 Å². The summed E-state index contributed by atoms with van der Waals surface area (Å²) in [6.45, 7) is 0. The molecule has 92 valence electrons. The first-order valence-electron chi connectivity index (χ1n) is 6.20. The van der Waals surface area contributed by atoms with Crippen LogP contribution in [0.2, 0.25) is 0 Å². The third kappa shape index (κ3) is 1.41. The first-order valence-corrected chi connectivity index (χ1v) is 6.20. The zero-order valence-corrected chi connectivity index (χ0v) is 10.5. The molecule has 3 heteroatoms. The molecule has 0 N–H and O–H groups in total. The van der Waals surface area contributed by atoms with Gasteiger partial charge in [0.15, 0.2) is 0 Å². The number of benzene rings is 2. The monoisotopic (exact) mass is 248 g/mol. The van der Waals surface area contributed by atoms with Crippen LogP contribution in [0.4, 0.5) is 0 Å². The Morgan fingerprint density at radius 2 is 1.89 bits per heavy atom. The molecule has 0 fully saturated rings. The quantitative estimate of drug-likeness (QED) is 0.514. The number of ether oxygens (including phenoxy) is 1. The van der Waals surface area contributed by atoms with Crippen LogP contribution >= 0.6 is 0 Å². The van der Waals surface area contributed by atoms with Gasteiger partial charge < -0.3 is 9.14 Å². The number of aromatic nitrogens is 2. The van der Waals surface area contributed by atoms with Crippen LogP contribution in [0.1, 0.15) is 0 Å². The molecule has 0 amide bonds. The van der Waals surface area contributed by atoms with Crippen molar-refractivity contribution in [2.45, 2.75) is 0 Å². The first kappa shape index (κ1) is 10.4. The Labute approximate surface area is 110 Å². The highest BCUT2D eigenvalue weighted by atomic mass is 16.5. The van der Waals surface area contributed by atoms with E-state index in [1.54, 1.807) is 7.11 Å². The normalized spacial score (nSPS) is 11.4. The molecular weight excluding hydrogens is 236 g/mol. The number of rotatable bonds is 1. The van der Waals surface area contributed by atoms with Crippen molar-refractivity contribution in [2.75, 3.05) is 7.11 Å². The first-order chi connectivity index (χ1) is 9.36. The summed E-state index contributed by atoms with van der Waals surface area (Å²) in [6, 6.07) is 16.4. The van der Waals surface area contributed by atoms with Crippen LogP contribution in [-0.2, 0) is 0 Å². The van der Waals surface area contributed by atoms with Crippen LogP contribution in [0.3, 0.4) is 0 Å². The van der Waals surface area contributed by atoms with Crippen molar-refractivity contribution in [3.05, 3.63) is 54.7 Å². The highest BCUT2D eigenvalue weighted by Gasteiger charge is 2.07. The van der Waals surface area contributed by atoms with E-state index in [-0.39, 0.29) is 0 Å². The van der Waals surface area contributed by atoms with E-state index in [2.05, 4.69) is 33.7 Å². The Morgan fingerprint density at radius 1 is 1.00 bits per heavy atom. The number of methoxy groups -OCH3 is 1. The lowest BCUT2D eigenvalue weighted by Crippen LogP contribution is -1.90. The molecule has 0 spiro atoms. The largest absolute Gasteiger partial charge is 0.497 e. The van der Waals surface area contributed by atoms with E-state index < -0.39 is 0 Å². The minimum atomic E-state index is 0.876. The third-order valence-corrected chi connectivity index (χ3v) is 3.50. The molecule has 0 atom stereocenters. The SMILES string of the molecule is COc1ccc2c(c1)cc1cnc3ccccc3n12. The maximum atomic E-state index is 5.28. The molecule has 0 aliphatic carbocycles. The van der Waals surface area contributed by atoms with E-state index in [0.29, 0.717) is 0 Å². The van der Waals surface area contributed by atoms with Crippen LogP contribution < -0.4 is 4.74 Å². The Kier molecular flexibility index (Phi) is 2.03. The van der Waals surface area contributed by atoms with Crippen LogP contribution in [0.25, 0.3) is 27.5 Å². The molecule has 4 aromatic rings. The summed E-state index contributed by atoms with van der Waals surface area (Å²) in [5.41, 5.74) is 4.40. The molecule has 3 nitrogen and oxygen atoms in total. The van der Waals surface area contributed by atoms with Crippen molar-refractivity contribution in [3.8, 4) is 5.75 Å². The Balaban J connectivity index is 2.23. The van der Waals surface area contributed by atoms with Crippen LogP contribution in [-0.4, -0.2) is 16.5 Å². The average molecular weight is 248 g/mol. The molecule has 0 aliphatic heterocycles. The molecule has 2 heterocycles. The van der Waals surface area contributed by atoms with E-state index in [0.717, 1.165) is 27.7 Å². The second-order valence-corrected chi connectivity index (χ2v) is 4.58. The van der Waals surface area contributed by atoms with Gasteiger partial charge >= 0.3 is 0 Å². The van der Waals surface area contributed by atoms with Crippen molar-refractivity contribution in [1.29, 1.82) is 0 Å². The molecule has 0 aliphatic rings. The highest BCUT2D eigenvalue weighted by molar-refractivity contribution is 5.93. The maximum Gasteiger partial charge on any atom is 0.119 e. The summed E-state index contributed by atoms with van der Waals surface area (Å²) in [7, 11) is 1.69. The summed E-state index contributed by atoms with van der Waals surface area (Å²) in [5.74, 6) is 0.876.